The molecule has 0 fully saturated rings. The Labute approximate surface area is 177 Å². The number of benzene rings is 2. The molecule has 0 bridgehead atoms. The number of fused-ring (bicyclic) bond motifs is 3. The topological polar surface area (TPSA) is 100 Å². The van der Waals surface area contributed by atoms with Gasteiger partial charge in [-0.25, -0.2) is 4.52 Å². The number of hydrogen-bond donors (Lipinski definition) is 3. The van der Waals surface area contributed by atoms with Crippen molar-refractivity contribution in [2.24, 2.45) is 0 Å². The summed E-state index contributed by atoms with van der Waals surface area (Å²) in [7, 11) is 0. The van der Waals surface area contributed by atoms with Gasteiger partial charge in [0.25, 0.3) is 0 Å². The monoisotopic (exact) mass is 409 g/mol. The zero-order valence-corrected chi connectivity index (χ0v) is 17.0. The molecule has 8 nitrogen and oxygen atoms in total. The fourth-order valence-electron chi connectivity index (χ4n) is 4.13. The van der Waals surface area contributed by atoms with E-state index in [0.717, 1.165) is 39.1 Å². The molecule has 3 N–H and O–H groups in total. The molecule has 0 atom stereocenters. The summed E-state index contributed by atoms with van der Waals surface area (Å²) in [5.41, 5.74) is 5.49. The molecule has 1 amide bonds. The van der Waals surface area contributed by atoms with Crippen LogP contribution in [0, 0.1) is 0 Å². The third-order valence-electron chi connectivity index (χ3n) is 5.86. The summed E-state index contributed by atoms with van der Waals surface area (Å²) >= 11 is 0. The van der Waals surface area contributed by atoms with Gasteiger partial charge in [0, 0.05) is 46.4 Å². The van der Waals surface area contributed by atoms with Gasteiger partial charge in [-0.15, -0.1) is 5.10 Å². The second kappa shape index (κ2) is 6.15. The summed E-state index contributed by atoms with van der Waals surface area (Å²) in [5, 5.41) is 11.8. The van der Waals surface area contributed by atoms with E-state index in [-0.39, 0.29) is 5.91 Å². The van der Waals surface area contributed by atoms with Crippen molar-refractivity contribution in [2.45, 2.75) is 19.3 Å². The Morgan fingerprint density at radius 1 is 1.13 bits per heavy atom. The number of amides is 1. The van der Waals surface area contributed by atoms with Gasteiger partial charge in [0.2, 0.25) is 11.9 Å². The van der Waals surface area contributed by atoms with E-state index in [9.17, 15) is 4.79 Å². The van der Waals surface area contributed by atoms with Gasteiger partial charge in [0.1, 0.15) is 5.69 Å². The minimum absolute atomic E-state index is 0.0000459. The molecule has 6 rings (SSSR count). The first-order chi connectivity index (χ1) is 15.0. The Morgan fingerprint density at radius 2 is 2.00 bits per heavy atom. The van der Waals surface area contributed by atoms with Crippen LogP contribution in [0.2, 0.25) is 0 Å². The van der Waals surface area contributed by atoms with Crippen LogP contribution >= 0.6 is 0 Å². The number of nitrogens with one attached hydrogen (secondary N) is 3. The van der Waals surface area contributed by atoms with Gasteiger partial charge < -0.3 is 15.6 Å². The summed E-state index contributed by atoms with van der Waals surface area (Å²) in [6.07, 6.45) is 5.44. The largest absolute Gasteiger partial charge is 0.360 e. The number of rotatable bonds is 3. The van der Waals surface area contributed by atoms with Gasteiger partial charge in [-0.3, -0.25) is 9.78 Å². The van der Waals surface area contributed by atoms with Gasteiger partial charge in [-0.05, 0) is 37.6 Å². The van der Waals surface area contributed by atoms with E-state index in [0.29, 0.717) is 11.6 Å². The number of nitrogens with zero attached hydrogens (tertiary/aromatic N) is 4. The molecule has 0 saturated heterocycles. The molecule has 0 saturated carbocycles. The zero-order valence-electron chi connectivity index (χ0n) is 17.0. The second-order valence-electron chi connectivity index (χ2n) is 8.19. The van der Waals surface area contributed by atoms with Crippen molar-refractivity contribution >= 4 is 39.8 Å². The zero-order chi connectivity index (χ0) is 21.2. The minimum atomic E-state index is -0.533. The lowest BCUT2D eigenvalue weighted by atomic mass is 9.86. The first kappa shape index (κ1) is 17.6. The first-order valence-corrected chi connectivity index (χ1v) is 10.0. The predicted octanol–water partition coefficient (Wildman–Crippen LogP) is 4.25. The van der Waals surface area contributed by atoms with E-state index in [1.807, 2.05) is 56.4 Å². The number of para-hydroxylation sites is 1. The molecular weight excluding hydrogens is 390 g/mol. The molecule has 5 aromatic rings. The van der Waals surface area contributed by atoms with Gasteiger partial charge in [0.15, 0.2) is 5.65 Å². The van der Waals surface area contributed by atoms with Crippen molar-refractivity contribution in [3.05, 3.63) is 66.6 Å². The smallest absolute Gasteiger partial charge is 0.247 e. The third-order valence-corrected chi connectivity index (χ3v) is 5.86. The van der Waals surface area contributed by atoms with Crippen LogP contribution in [-0.2, 0) is 10.2 Å². The molecule has 0 aliphatic carbocycles. The SMILES string of the molecule is CC1(C)C(=O)Nc2cc(Nc3nc4c(-c5c[nH]c6ccccc56)nccn4n3)ccc21. The van der Waals surface area contributed by atoms with E-state index >= 15 is 0 Å². The van der Waals surface area contributed by atoms with E-state index < -0.39 is 5.41 Å². The molecule has 3 aromatic heterocycles. The molecular formula is C23H19N7O. The lowest BCUT2D eigenvalue weighted by Gasteiger charge is -2.14. The fourth-order valence-corrected chi connectivity index (χ4v) is 4.13. The van der Waals surface area contributed by atoms with Gasteiger partial charge in [-0.1, -0.05) is 24.3 Å². The average Bonchev–Trinajstić information content (AvgIpc) is 3.42. The number of H-pyrrole nitrogens is 1. The summed E-state index contributed by atoms with van der Waals surface area (Å²) < 4.78 is 1.71. The first-order valence-electron chi connectivity index (χ1n) is 10.0. The lowest BCUT2D eigenvalue weighted by Crippen LogP contribution is -2.26. The molecule has 31 heavy (non-hydrogen) atoms. The van der Waals surface area contributed by atoms with E-state index in [2.05, 4.69) is 36.8 Å². The van der Waals surface area contributed by atoms with E-state index in [1.165, 1.54) is 0 Å². The standard InChI is InChI=1S/C23H19N7O/c1-23(2)16-8-7-13(11-18(16)27-21(23)31)26-22-28-20-19(24-9-10-30(20)29-22)15-12-25-17-6-4-3-5-14(15)17/h3-12,25H,1-2H3,(H,26,29)(H,27,31). The molecule has 8 heteroatoms. The van der Waals surface area contributed by atoms with Crippen molar-refractivity contribution in [3.8, 4) is 11.3 Å². The Hall–Kier alpha value is -4.20. The Bertz CT molecular complexity index is 1490. The van der Waals surface area contributed by atoms with Crippen LogP contribution < -0.4 is 10.6 Å². The maximum Gasteiger partial charge on any atom is 0.247 e. The van der Waals surface area contributed by atoms with E-state index in [1.54, 1.807) is 16.9 Å². The van der Waals surface area contributed by atoms with Gasteiger partial charge in [0.05, 0.1) is 5.41 Å². The number of carbonyl (C=O) groups excluding carboxylic acids is 1. The fraction of sp³-hybridized carbons (Fsp3) is 0.130. The average molecular weight is 409 g/mol. The molecule has 0 radical (unpaired) electrons. The summed E-state index contributed by atoms with van der Waals surface area (Å²) in [6, 6.07) is 13.9. The van der Waals surface area contributed by atoms with Crippen LogP contribution in [-0.4, -0.2) is 30.5 Å². The van der Waals surface area contributed by atoms with Crippen molar-refractivity contribution in [3.63, 3.8) is 0 Å². The number of hydrogen-bond acceptors (Lipinski definition) is 5. The Morgan fingerprint density at radius 3 is 2.90 bits per heavy atom. The molecule has 0 unspecified atom stereocenters. The van der Waals surface area contributed by atoms with E-state index in [4.69, 9.17) is 0 Å². The second-order valence-corrected chi connectivity index (χ2v) is 8.19. The quantitative estimate of drug-likeness (QED) is 0.414. The Kier molecular flexibility index (Phi) is 3.50. The molecule has 1 aliphatic heterocycles. The van der Waals surface area contributed by atoms with Crippen LogP contribution in [0.5, 0.6) is 0 Å². The summed E-state index contributed by atoms with van der Waals surface area (Å²) in [5.74, 6) is 0.456. The molecule has 2 aromatic carbocycles. The van der Waals surface area contributed by atoms with Gasteiger partial charge >= 0.3 is 0 Å². The molecule has 1 aliphatic rings. The van der Waals surface area contributed by atoms with Crippen LogP contribution in [0.4, 0.5) is 17.3 Å². The summed E-state index contributed by atoms with van der Waals surface area (Å²) in [6.45, 7) is 3.84. The summed E-state index contributed by atoms with van der Waals surface area (Å²) in [4.78, 5) is 24.8. The number of carbonyl (C=O) groups is 1. The number of aromatic nitrogens is 5. The van der Waals surface area contributed by atoms with Crippen LogP contribution in [0.25, 0.3) is 27.8 Å². The van der Waals surface area contributed by atoms with Crippen molar-refractivity contribution < 1.29 is 4.79 Å². The van der Waals surface area contributed by atoms with Crippen LogP contribution in [0.3, 0.4) is 0 Å². The van der Waals surface area contributed by atoms with Crippen molar-refractivity contribution in [1.29, 1.82) is 0 Å². The van der Waals surface area contributed by atoms with Crippen molar-refractivity contribution in [1.82, 2.24) is 24.6 Å². The van der Waals surface area contributed by atoms with Crippen LogP contribution in [0.1, 0.15) is 19.4 Å². The predicted molar refractivity (Wildman–Crippen MR) is 119 cm³/mol. The lowest BCUT2D eigenvalue weighted by molar-refractivity contribution is -0.119. The number of anilines is 3. The maximum absolute atomic E-state index is 12.2. The highest BCUT2D eigenvalue weighted by Gasteiger charge is 2.38. The van der Waals surface area contributed by atoms with Crippen LogP contribution in [0.15, 0.2) is 61.1 Å². The molecule has 0 spiro atoms. The normalized spacial score (nSPS) is 14.7. The highest BCUT2D eigenvalue weighted by molar-refractivity contribution is 6.06. The third kappa shape index (κ3) is 2.61. The van der Waals surface area contributed by atoms with Crippen molar-refractivity contribution in [2.75, 3.05) is 10.6 Å². The maximum atomic E-state index is 12.2. The molecule has 4 heterocycles. The Balaban J connectivity index is 1.39. The number of aromatic amines is 1. The molecule has 152 valence electrons. The highest BCUT2D eigenvalue weighted by Crippen LogP contribution is 2.39. The minimum Gasteiger partial charge on any atom is -0.360 e. The highest BCUT2D eigenvalue weighted by atomic mass is 16.2. The van der Waals surface area contributed by atoms with Gasteiger partial charge in [-0.2, -0.15) is 4.98 Å².